The van der Waals surface area contributed by atoms with Crippen LogP contribution in [-0.2, 0) is 6.54 Å². The molecule has 0 aliphatic carbocycles. The van der Waals surface area contributed by atoms with Crippen LogP contribution in [0.3, 0.4) is 0 Å². The van der Waals surface area contributed by atoms with Crippen molar-refractivity contribution < 1.29 is 4.79 Å². The van der Waals surface area contributed by atoms with E-state index >= 15 is 0 Å². The molecule has 5 rings (SSSR count). The number of benzene rings is 1. The van der Waals surface area contributed by atoms with E-state index < -0.39 is 0 Å². The van der Waals surface area contributed by atoms with Crippen LogP contribution in [-0.4, -0.2) is 35.6 Å². The lowest BCUT2D eigenvalue weighted by Crippen LogP contribution is -2.24. The van der Waals surface area contributed by atoms with Crippen molar-refractivity contribution in [2.24, 2.45) is 0 Å². The maximum atomic E-state index is 13.2. The van der Waals surface area contributed by atoms with Crippen molar-refractivity contribution in [1.29, 1.82) is 0 Å². The van der Waals surface area contributed by atoms with Crippen molar-refractivity contribution in [3.05, 3.63) is 97.0 Å². The molecule has 150 valence electrons. The quantitative estimate of drug-likeness (QED) is 0.480. The van der Waals surface area contributed by atoms with E-state index in [1.165, 1.54) is 6.33 Å². The van der Waals surface area contributed by atoms with E-state index in [1.54, 1.807) is 29.6 Å². The van der Waals surface area contributed by atoms with Gasteiger partial charge < -0.3 is 5.32 Å². The first-order chi connectivity index (χ1) is 15.3. The molecule has 8 nitrogen and oxygen atoms in total. The van der Waals surface area contributed by atoms with Gasteiger partial charge in [0.15, 0.2) is 5.82 Å². The Hall–Kier alpha value is -4.46. The van der Waals surface area contributed by atoms with Crippen LogP contribution in [0, 0.1) is 0 Å². The Bertz CT molecular complexity index is 1350. The summed E-state index contributed by atoms with van der Waals surface area (Å²) in [6.45, 7) is 0.295. The minimum absolute atomic E-state index is 0.192. The summed E-state index contributed by atoms with van der Waals surface area (Å²) < 4.78 is 1.57. The van der Waals surface area contributed by atoms with Crippen LogP contribution in [0.5, 0.6) is 0 Å². The topological polar surface area (TPSA) is 98.5 Å². The van der Waals surface area contributed by atoms with Gasteiger partial charge in [-0.1, -0.05) is 24.3 Å². The minimum atomic E-state index is -0.192. The van der Waals surface area contributed by atoms with Gasteiger partial charge in [-0.25, -0.2) is 19.6 Å². The zero-order valence-electron chi connectivity index (χ0n) is 16.4. The Morgan fingerprint density at radius 1 is 0.968 bits per heavy atom. The number of fused-ring (bicyclic) bond motifs is 1. The highest BCUT2D eigenvalue weighted by molar-refractivity contribution is 6.07. The smallest absolute Gasteiger partial charge is 0.252 e. The fourth-order valence-electron chi connectivity index (χ4n) is 3.40. The van der Waals surface area contributed by atoms with Gasteiger partial charge in [0.1, 0.15) is 12.7 Å². The Morgan fingerprint density at radius 3 is 2.68 bits per heavy atom. The standard InChI is InChI=1S/C23H17N7O/c31-23(27-13-17-4-3-9-26-22(17)30-15-25-14-28-30)19-12-21(16-7-10-24-11-8-16)29-20-6-2-1-5-18(19)20/h1-12,14-15H,13H2,(H,27,31). The number of amides is 1. The van der Waals surface area contributed by atoms with Crippen molar-refractivity contribution in [3.8, 4) is 17.1 Å². The third-order valence-corrected chi connectivity index (χ3v) is 4.88. The van der Waals surface area contributed by atoms with Crippen molar-refractivity contribution in [1.82, 2.24) is 35.0 Å². The maximum Gasteiger partial charge on any atom is 0.252 e. The van der Waals surface area contributed by atoms with Crippen molar-refractivity contribution in [3.63, 3.8) is 0 Å². The molecular formula is C23H17N7O. The molecular weight excluding hydrogens is 390 g/mol. The molecule has 8 heteroatoms. The molecule has 5 aromatic rings. The Kier molecular flexibility index (Phi) is 4.86. The van der Waals surface area contributed by atoms with Crippen LogP contribution >= 0.6 is 0 Å². The molecule has 0 radical (unpaired) electrons. The highest BCUT2D eigenvalue weighted by Gasteiger charge is 2.15. The maximum absolute atomic E-state index is 13.2. The molecule has 0 bridgehead atoms. The van der Waals surface area contributed by atoms with Crippen molar-refractivity contribution in [2.45, 2.75) is 6.54 Å². The lowest BCUT2D eigenvalue weighted by Gasteiger charge is -2.12. The van der Waals surface area contributed by atoms with E-state index in [4.69, 9.17) is 4.98 Å². The Balaban J connectivity index is 1.48. The number of aromatic nitrogens is 6. The summed E-state index contributed by atoms with van der Waals surface area (Å²) in [6, 6.07) is 16.9. The number of nitrogens with one attached hydrogen (secondary N) is 1. The van der Waals surface area contributed by atoms with Crippen LogP contribution in [0.25, 0.3) is 28.0 Å². The van der Waals surface area contributed by atoms with E-state index in [-0.39, 0.29) is 5.91 Å². The Morgan fingerprint density at radius 2 is 1.84 bits per heavy atom. The first kappa shape index (κ1) is 18.6. The number of carbonyl (C=O) groups is 1. The van der Waals surface area contributed by atoms with Crippen LogP contribution in [0.2, 0.25) is 0 Å². The fraction of sp³-hybridized carbons (Fsp3) is 0.0435. The summed E-state index contributed by atoms with van der Waals surface area (Å²) in [6.07, 6.45) is 8.12. The van der Waals surface area contributed by atoms with E-state index in [2.05, 4.69) is 25.4 Å². The molecule has 0 fully saturated rings. The summed E-state index contributed by atoms with van der Waals surface area (Å²) in [5, 5.41) is 7.94. The second-order valence-corrected chi connectivity index (χ2v) is 6.82. The van der Waals surface area contributed by atoms with Gasteiger partial charge in [-0.3, -0.25) is 9.78 Å². The third kappa shape index (κ3) is 3.74. The highest BCUT2D eigenvalue weighted by Crippen LogP contribution is 2.24. The SMILES string of the molecule is O=C(NCc1cccnc1-n1cncn1)c1cc(-c2ccncc2)nc2ccccc12. The summed E-state index contributed by atoms with van der Waals surface area (Å²) in [4.78, 5) is 30.3. The normalized spacial score (nSPS) is 10.8. The number of rotatable bonds is 5. The Labute approximate surface area is 177 Å². The van der Waals surface area contributed by atoms with Gasteiger partial charge in [-0.15, -0.1) is 0 Å². The molecule has 4 heterocycles. The number of hydrogen-bond donors (Lipinski definition) is 1. The molecule has 31 heavy (non-hydrogen) atoms. The molecule has 4 aromatic heterocycles. The first-order valence-electron chi connectivity index (χ1n) is 9.67. The van der Waals surface area contributed by atoms with Crippen LogP contribution in [0.4, 0.5) is 0 Å². The van der Waals surface area contributed by atoms with Gasteiger partial charge in [-0.05, 0) is 30.3 Å². The molecule has 0 aliphatic heterocycles. The van der Waals surface area contributed by atoms with Gasteiger partial charge in [0.2, 0.25) is 0 Å². The molecule has 1 amide bonds. The zero-order valence-corrected chi connectivity index (χ0v) is 16.4. The molecule has 0 spiro atoms. The van der Waals surface area contributed by atoms with E-state index in [1.807, 2.05) is 54.6 Å². The lowest BCUT2D eigenvalue weighted by atomic mass is 10.0. The van der Waals surface area contributed by atoms with Gasteiger partial charge in [0.05, 0.1) is 16.8 Å². The number of hydrogen-bond acceptors (Lipinski definition) is 6. The summed E-state index contributed by atoms with van der Waals surface area (Å²) in [7, 11) is 0. The van der Waals surface area contributed by atoms with E-state index in [0.717, 1.165) is 27.7 Å². The largest absolute Gasteiger partial charge is 0.348 e. The second kappa shape index (κ2) is 8.11. The molecule has 0 atom stereocenters. The average Bonchev–Trinajstić information content (AvgIpc) is 3.37. The predicted octanol–water partition coefficient (Wildman–Crippen LogP) is 3.20. The number of nitrogens with zero attached hydrogens (tertiary/aromatic N) is 6. The van der Waals surface area contributed by atoms with Gasteiger partial charge in [0, 0.05) is 41.6 Å². The van der Waals surface area contributed by atoms with Crippen LogP contribution in [0.15, 0.2) is 85.8 Å². The van der Waals surface area contributed by atoms with Gasteiger partial charge >= 0.3 is 0 Å². The average molecular weight is 407 g/mol. The number of pyridine rings is 3. The van der Waals surface area contributed by atoms with E-state index in [0.29, 0.717) is 17.9 Å². The molecule has 0 saturated heterocycles. The summed E-state index contributed by atoms with van der Waals surface area (Å²) >= 11 is 0. The lowest BCUT2D eigenvalue weighted by molar-refractivity contribution is 0.0952. The van der Waals surface area contributed by atoms with Crippen LogP contribution in [0.1, 0.15) is 15.9 Å². The third-order valence-electron chi connectivity index (χ3n) is 4.88. The van der Waals surface area contributed by atoms with Crippen molar-refractivity contribution >= 4 is 16.8 Å². The van der Waals surface area contributed by atoms with E-state index in [9.17, 15) is 4.79 Å². The second-order valence-electron chi connectivity index (χ2n) is 6.82. The summed E-state index contributed by atoms with van der Waals surface area (Å²) in [5.41, 5.74) is 3.76. The fourth-order valence-corrected chi connectivity index (χ4v) is 3.40. The van der Waals surface area contributed by atoms with Gasteiger partial charge in [-0.2, -0.15) is 5.10 Å². The van der Waals surface area contributed by atoms with Gasteiger partial charge in [0.25, 0.3) is 5.91 Å². The molecule has 1 N–H and O–H groups in total. The highest BCUT2D eigenvalue weighted by atomic mass is 16.1. The number of para-hydroxylation sites is 1. The molecule has 1 aromatic carbocycles. The molecule has 0 saturated carbocycles. The number of carbonyl (C=O) groups excluding carboxylic acids is 1. The molecule has 0 unspecified atom stereocenters. The predicted molar refractivity (Wildman–Crippen MR) is 115 cm³/mol. The zero-order chi connectivity index (χ0) is 21.0. The molecule has 0 aliphatic rings. The monoisotopic (exact) mass is 407 g/mol. The minimum Gasteiger partial charge on any atom is -0.348 e. The van der Waals surface area contributed by atoms with Crippen LogP contribution < -0.4 is 5.32 Å². The first-order valence-corrected chi connectivity index (χ1v) is 9.67. The summed E-state index contributed by atoms with van der Waals surface area (Å²) in [5.74, 6) is 0.430. The van der Waals surface area contributed by atoms with Crippen molar-refractivity contribution in [2.75, 3.05) is 0 Å².